The molecule has 5 rings (SSSR count). The molecule has 8 heteroatoms. The van der Waals surface area contributed by atoms with Crippen LogP contribution in [0.1, 0.15) is 54.6 Å². The topological polar surface area (TPSA) is 85.1 Å². The first-order valence-corrected chi connectivity index (χ1v) is 14.4. The fraction of sp³-hybridized carbons (Fsp3) is 0.394. The summed E-state index contributed by atoms with van der Waals surface area (Å²) < 4.78 is 25.7. The average Bonchev–Trinajstić information content (AvgIpc) is 3.25. The molecule has 41 heavy (non-hydrogen) atoms. The Hall–Kier alpha value is -3.91. The van der Waals surface area contributed by atoms with Crippen molar-refractivity contribution in [3.05, 3.63) is 83.2 Å². The minimum absolute atomic E-state index is 0.0196. The van der Waals surface area contributed by atoms with E-state index in [0.717, 1.165) is 72.8 Å². The van der Waals surface area contributed by atoms with Crippen LogP contribution in [-0.2, 0) is 17.9 Å². The summed E-state index contributed by atoms with van der Waals surface area (Å²) in [6.07, 6.45) is 2.45. The summed E-state index contributed by atoms with van der Waals surface area (Å²) in [7, 11) is 0. The Morgan fingerprint density at radius 3 is 2.20 bits per heavy atom. The number of primary amides is 1. The fourth-order valence-electron chi connectivity index (χ4n) is 6.12. The molecule has 1 spiro atoms. The highest BCUT2D eigenvalue weighted by Gasteiger charge is 2.44. The number of benzene rings is 3. The molecule has 2 aliphatic heterocycles. The van der Waals surface area contributed by atoms with Gasteiger partial charge < -0.3 is 20.1 Å². The van der Waals surface area contributed by atoms with Crippen LogP contribution in [0.2, 0.25) is 0 Å². The number of amides is 2. The second-order valence-corrected chi connectivity index (χ2v) is 11.1. The normalized spacial score (nSPS) is 16.8. The van der Waals surface area contributed by atoms with E-state index >= 15 is 0 Å². The van der Waals surface area contributed by atoms with Crippen molar-refractivity contribution in [2.75, 3.05) is 32.8 Å². The van der Waals surface area contributed by atoms with E-state index in [1.807, 2.05) is 30.9 Å². The lowest BCUT2D eigenvalue weighted by Crippen LogP contribution is -2.41. The Labute approximate surface area is 241 Å². The molecular formula is C33H38FN3O4. The van der Waals surface area contributed by atoms with Crippen LogP contribution >= 0.6 is 0 Å². The molecule has 2 N–H and O–H groups in total. The van der Waals surface area contributed by atoms with E-state index in [0.29, 0.717) is 31.7 Å². The van der Waals surface area contributed by atoms with Crippen LogP contribution in [-0.4, -0.2) is 54.5 Å². The van der Waals surface area contributed by atoms with Crippen LogP contribution in [0.15, 0.2) is 60.7 Å². The number of carbonyl (C=O) groups is 2. The number of nitrogens with two attached hydrogens (primary N) is 1. The van der Waals surface area contributed by atoms with Crippen molar-refractivity contribution in [3.8, 4) is 22.6 Å². The number of likely N-dealkylation sites (tertiary alicyclic amines) is 2. The molecule has 2 aliphatic rings. The van der Waals surface area contributed by atoms with Crippen LogP contribution < -0.4 is 15.2 Å². The van der Waals surface area contributed by atoms with Gasteiger partial charge in [-0.3, -0.25) is 14.5 Å². The summed E-state index contributed by atoms with van der Waals surface area (Å²) in [5.74, 6) is 0.878. The third-order valence-corrected chi connectivity index (χ3v) is 8.17. The van der Waals surface area contributed by atoms with Crippen LogP contribution in [0, 0.1) is 11.2 Å². The maximum atomic E-state index is 13.6. The first kappa shape index (κ1) is 28.6. The van der Waals surface area contributed by atoms with Gasteiger partial charge in [0.05, 0.1) is 18.8 Å². The number of halogens is 1. The molecule has 0 radical (unpaired) electrons. The van der Waals surface area contributed by atoms with Crippen molar-refractivity contribution in [2.24, 2.45) is 11.1 Å². The molecule has 2 amide bonds. The van der Waals surface area contributed by atoms with Crippen molar-refractivity contribution < 1.29 is 23.5 Å². The molecule has 3 aromatic carbocycles. The zero-order valence-corrected chi connectivity index (χ0v) is 23.8. The van der Waals surface area contributed by atoms with Gasteiger partial charge in [0.1, 0.15) is 17.3 Å². The Balaban J connectivity index is 1.27. The molecule has 216 valence electrons. The minimum Gasteiger partial charge on any atom is -0.493 e. The Morgan fingerprint density at radius 1 is 0.927 bits per heavy atom. The van der Waals surface area contributed by atoms with Gasteiger partial charge in [0, 0.05) is 31.6 Å². The number of carbonyl (C=O) groups excluding carboxylic acids is 2. The van der Waals surface area contributed by atoms with Gasteiger partial charge in [-0.2, -0.15) is 0 Å². The van der Waals surface area contributed by atoms with Crippen LogP contribution in [0.3, 0.4) is 0 Å². The highest BCUT2D eigenvalue weighted by molar-refractivity contribution is 5.93. The summed E-state index contributed by atoms with van der Waals surface area (Å²) in [5.41, 5.74) is 9.57. The first-order valence-electron chi connectivity index (χ1n) is 14.4. The Bertz CT molecular complexity index is 1370. The third kappa shape index (κ3) is 6.54. The van der Waals surface area contributed by atoms with Gasteiger partial charge in [-0.1, -0.05) is 24.3 Å². The summed E-state index contributed by atoms with van der Waals surface area (Å²) >= 11 is 0. The monoisotopic (exact) mass is 559 g/mol. The number of rotatable bonds is 10. The van der Waals surface area contributed by atoms with Gasteiger partial charge in [-0.25, -0.2) is 4.39 Å². The maximum absolute atomic E-state index is 13.6. The number of nitrogens with zero attached hydrogens (tertiary/aromatic N) is 2. The van der Waals surface area contributed by atoms with Gasteiger partial charge in [0.15, 0.2) is 0 Å². The molecular weight excluding hydrogens is 521 g/mol. The van der Waals surface area contributed by atoms with Crippen molar-refractivity contribution in [1.29, 1.82) is 0 Å². The second-order valence-electron chi connectivity index (χ2n) is 11.1. The van der Waals surface area contributed by atoms with Crippen molar-refractivity contribution in [1.82, 2.24) is 9.80 Å². The van der Waals surface area contributed by atoms with Gasteiger partial charge in [0.25, 0.3) is 0 Å². The largest absolute Gasteiger partial charge is 0.493 e. The number of piperidine rings is 1. The molecule has 0 bridgehead atoms. The SMILES string of the molecule is CCOc1cc(CN2CCC3(CC2)CC(=O)N(Cc2cccc(C(N)=O)c2)C3)cc(OCC)c1-c1ccc(F)cc1. The standard InChI is InChI=1S/C33H38FN3O4/c1-3-40-28-17-24(18-29(41-4-2)31(28)25-8-10-27(34)11-9-25)20-36-14-12-33(13-15-36)19-30(38)37(22-33)21-23-6-5-7-26(16-23)32(35)39/h5-11,16-18H,3-4,12-15,19-22H2,1-2H3,(H2,35,39). The predicted octanol–water partition coefficient (Wildman–Crippen LogP) is 5.40. The molecule has 0 unspecified atom stereocenters. The highest BCUT2D eigenvalue weighted by Crippen LogP contribution is 2.43. The maximum Gasteiger partial charge on any atom is 0.248 e. The zero-order valence-electron chi connectivity index (χ0n) is 23.8. The zero-order chi connectivity index (χ0) is 29.0. The fourth-order valence-corrected chi connectivity index (χ4v) is 6.12. The average molecular weight is 560 g/mol. The molecule has 0 aromatic heterocycles. The van der Waals surface area contributed by atoms with Gasteiger partial charge in [-0.15, -0.1) is 0 Å². The molecule has 7 nitrogen and oxygen atoms in total. The molecule has 0 saturated carbocycles. The minimum atomic E-state index is -0.463. The summed E-state index contributed by atoms with van der Waals surface area (Å²) in [6.45, 7) is 8.68. The van der Waals surface area contributed by atoms with Crippen molar-refractivity contribution >= 4 is 11.8 Å². The number of hydrogen-bond donors (Lipinski definition) is 1. The van der Waals surface area contributed by atoms with E-state index in [1.54, 1.807) is 24.3 Å². The summed E-state index contributed by atoms with van der Waals surface area (Å²) in [4.78, 5) is 28.9. The number of hydrogen-bond acceptors (Lipinski definition) is 5. The quantitative estimate of drug-likeness (QED) is 0.359. The smallest absolute Gasteiger partial charge is 0.248 e. The lowest BCUT2D eigenvalue weighted by molar-refractivity contribution is -0.128. The van der Waals surface area contributed by atoms with E-state index in [1.165, 1.54) is 12.1 Å². The third-order valence-electron chi connectivity index (χ3n) is 8.17. The highest BCUT2D eigenvalue weighted by atomic mass is 19.1. The molecule has 2 fully saturated rings. The molecule has 2 heterocycles. The Kier molecular flexibility index (Phi) is 8.59. The van der Waals surface area contributed by atoms with E-state index in [-0.39, 0.29) is 17.1 Å². The van der Waals surface area contributed by atoms with E-state index in [9.17, 15) is 14.0 Å². The van der Waals surface area contributed by atoms with Crippen molar-refractivity contribution in [3.63, 3.8) is 0 Å². The molecule has 0 atom stereocenters. The van der Waals surface area contributed by atoms with E-state index in [4.69, 9.17) is 15.2 Å². The van der Waals surface area contributed by atoms with Crippen LogP contribution in [0.25, 0.3) is 11.1 Å². The first-order chi connectivity index (χ1) is 19.8. The second kappa shape index (κ2) is 12.3. The van der Waals surface area contributed by atoms with Gasteiger partial charge in [0.2, 0.25) is 11.8 Å². The lowest BCUT2D eigenvalue weighted by atomic mass is 9.77. The van der Waals surface area contributed by atoms with Gasteiger partial charge >= 0.3 is 0 Å². The molecule has 0 aliphatic carbocycles. The van der Waals surface area contributed by atoms with Crippen molar-refractivity contribution in [2.45, 2.75) is 46.2 Å². The van der Waals surface area contributed by atoms with E-state index in [2.05, 4.69) is 17.0 Å². The van der Waals surface area contributed by atoms with E-state index < -0.39 is 5.91 Å². The Morgan fingerprint density at radius 2 is 1.59 bits per heavy atom. The molecule has 3 aromatic rings. The van der Waals surface area contributed by atoms with Crippen LogP contribution in [0.5, 0.6) is 11.5 Å². The lowest BCUT2D eigenvalue weighted by Gasteiger charge is -2.39. The number of ether oxygens (including phenoxy) is 2. The summed E-state index contributed by atoms with van der Waals surface area (Å²) in [5, 5.41) is 0. The van der Waals surface area contributed by atoms with Gasteiger partial charge in [-0.05, 0) is 98.3 Å². The summed E-state index contributed by atoms with van der Waals surface area (Å²) in [6, 6.07) is 17.7. The molecule has 2 saturated heterocycles. The van der Waals surface area contributed by atoms with Crippen LogP contribution in [0.4, 0.5) is 4.39 Å². The predicted molar refractivity (Wildman–Crippen MR) is 156 cm³/mol.